The highest BCUT2D eigenvalue weighted by Crippen LogP contribution is 2.36. The summed E-state index contributed by atoms with van der Waals surface area (Å²) in [5, 5.41) is 0. The smallest absolute Gasteiger partial charge is 0.311 e. The Labute approximate surface area is 117 Å². The number of ether oxygens (including phenoxy) is 1. The summed E-state index contributed by atoms with van der Waals surface area (Å²) in [6.07, 6.45) is 2.53. The van der Waals surface area contributed by atoms with Crippen molar-refractivity contribution in [2.24, 2.45) is 5.41 Å². The molecular weight excluding hydrogens is 237 g/mol. The third kappa shape index (κ3) is 4.08. The van der Waals surface area contributed by atoms with E-state index in [0.29, 0.717) is 13.0 Å². The first kappa shape index (κ1) is 15.7. The molecule has 0 bridgehead atoms. The Kier molecular flexibility index (Phi) is 4.78. The second-order valence-corrected chi connectivity index (χ2v) is 6.38. The van der Waals surface area contributed by atoms with Gasteiger partial charge in [-0.05, 0) is 33.3 Å². The summed E-state index contributed by atoms with van der Waals surface area (Å²) in [4.78, 5) is 16.4. The van der Waals surface area contributed by atoms with Crippen LogP contribution in [0, 0.1) is 5.41 Å². The number of pyridine rings is 1. The van der Waals surface area contributed by atoms with E-state index >= 15 is 0 Å². The molecule has 0 atom stereocenters. The summed E-state index contributed by atoms with van der Waals surface area (Å²) in [5.74, 6) is -0.143. The largest absolute Gasteiger partial charge is 0.466 e. The fourth-order valence-corrected chi connectivity index (χ4v) is 2.50. The Balaban J connectivity index is 2.93. The predicted molar refractivity (Wildman–Crippen MR) is 80.5 cm³/mol. The molecule has 1 rings (SSSR count). The summed E-state index contributed by atoms with van der Waals surface area (Å²) in [5.41, 5.74) is 1.53. The number of nitrogens with zero attached hydrogens (tertiary/aromatic N) is 1. The number of aromatic nitrogens is 1. The van der Waals surface area contributed by atoms with Crippen molar-refractivity contribution in [2.75, 3.05) is 6.61 Å². The normalized spacial score (nSPS) is 12.3. The molecule has 0 unspecified atom stereocenters. The minimum Gasteiger partial charge on any atom is -0.466 e. The van der Waals surface area contributed by atoms with Gasteiger partial charge in [0.05, 0.1) is 12.0 Å². The Morgan fingerprint density at radius 1 is 1.37 bits per heavy atom. The zero-order chi connectivity index (χ0) is 14.7. The van der Waals surface area contributed by atoms with Crippen LogP contribution in [0.25, 0.3) is 0 Å². The van der Waals surface area contributed by atoms with Crippen LogP contribution in [0.4, 0.5) is 0 Å². The minimum atomic E-state index is -0.509. The van der Waals surface area contributed by atoms with Gasteiger partial charge in [-0.1, -0.05) is 25.4 Å². The van der Waals surface area contributed by atoms with Crippen LogP contribution in [0.5, 0.6) is 0 Å². The van der Waals surface area contributed by atoms with Gasteiger partial charge in [0, 0.05) is 17.3 Å². The lowest BCUT2D eigenvalue weighted by Crippen LogP contribution is -2.35. The first-order chi connectivity index (χ1) is 8.69. The lowest BCUT2D eigenvalue weighted by molar-refractivity contribution is -0.154. The van der Waals surface area contributed by atoms with Crippen molar-refractivity contribution in [3.63, 3.8) is 0 Å². The molecule has 1 aromatic rings. The average Bonchev–Trinajstić information content (AvgIpc) is 2.28. The lowest BCUT2D eigenvalue weighted by Gasteiger charge is -2.33. The summed E-state index contributed by atoms with van der Waals surface area (Å²) in [7, 11) is 2.05. The first-order valence-electron chi connectivity index (χ1n) is 6.79. The number of hydrogen-bond acceptors (Lipinski definition) is 3. The summed E-state index contributed by atoms with van der Waals surface area (Å²) in [6, 6.07) is 4.07. The van der Waals surface area contributed by atoms with Crippen LogP contribution in [0.3, 0.4) is 0 Å². The van der Waals surface area contributed by atoms with Gasteiger partial charge < -0.3 is 4.74 Å². The number of esters is 1. The van der Waals surface area contributed by atoms with Crippen molar-refractivity contribution in [2.45, 2.75) is 46.5 Å². The standard InChI is InChI=1S/C15H24BNO2/c1-6-19-13(18)15(4,5)10-14(2,3)12-9-11(16)7-8-17-12/h7-9H,6,10,16H2,1-5H3. The molecule has 0 aliphatic carbocycles. The Bertz CT molecular complexity index is 455. The zero-order valence-electron chi connectivity index (χ0n) is 12.9. The first-order valence-corrected chi connectivity index (χ1v) is 6.79. The molecule has 1 aromatic heterocycles. The molecule has 104 valence electrons. The molecule has 0 saturated heterocycles. The van der Waals surface area contributed by atoms with E-state index in [1.54, 1.807) is 0 Å². The van der Waals surface area contributed by atoms with Crippen molar-refractivity contribution < 1.29 is 9.53 Å². The van der Waals surface area contributed by atoms with Gasteiger partial charge in [-0.15, -0.1) is 0 Å². The van der Waals surface area contributed by atoms with E-state index in [4.69, 9.17) is 4.74 Å². The van der Waals surface area contributed by atoms with Gasteiger partial charge in [-0.2, -0.15) is 0 Å². The predicted octanol–water partition coefficient (Wildman–Crippen LogP) is 1.60. The van der Waals surface area contributed by atoms with Crippen molar-refractivity contribution in [3.8, 4) is 0 Å². The van der Waals surface area contributed by atoms with Crippen molar-refractivity contribution >= 4 is 19.3 Å². The maximum absolute atomic E-state index is 12.0. The third-order valence-corrected chi connectivity index (χ3v) is 3.32. The van der Waals surface area contributed by atoms with E-state index in [2.05, 4.69) is 32.7 Å². The van der Waals surface area contributed by atoms with Gasteiger partial charge in [0.15, 0.2) is 0 Å². The Hall–Kier alpha value is -1.32. The SMILES string of the molecule is Bc1ccnc(C(C)(C)CC(C)(C)C(=O)OCC)c1. The van der Waals surface area contributed by atoms with Gasteiger partial charge in [0.2, 0.25) is 0 Å². The molecule has 0 amide bonds. The van der Waals surface area contributed by atoms with E-state index in [9.17, 15) is 4.79 Å². The molecule has 0 aromatic carbocycles. The van der Waals surface area contributed by atoms with Gasteiger partial charge in [0.1, 0.15) is 7.85 Å². The third-order valence-electron chi connectivity index (χ3n) is 3.32. The molecule has 0 fully saturated rings. The molecule has 0 radical (unpaired) electrons. The molecule has 0 N–H and O–H groups in total. The highest BCUT2D eigenvalue weighted by molar-refractivity contribution is 6.32. The van der Waals surface area contributed by atoms with Crippen LogP contribution < -0.4 is 5.46 Å². The molecule has 0 spiro atoms. The van der Waals surface area contributed by atoms with Gasteiger partial charge in [-0.3, -0.25) is 9.78 Å². The molecule has 0 saturated carbocycles. The van der Waals surface area contributed by atoms with Crippen LogP contribution in [0.1, 0.15) is 46.7 Å². The number of carbonyl (C=O) groups excluding carboxylic acids is 1. The number of rotatable bonds is 5. The van der Waals surface area contributed by atoms with E-state index in [1.807, 2.05) is 33.0 Å². The van der Waals surface area contributed by atoms with Crippen LogP contribution >= 0.6 is 0 Å². The molecule has 3 nitrogen and oxygen atoms in total. The Morgan fingerprint density at radius 2 is 2.00 bits per heavy atom. The molecule has 4 heteroatoms. The van der Waals surface area contributed by atoms with Crippen molar-refractivity contribution in [1.29, 1.82) is 0 Å². The summed E-state index contributed by atoms with van der Waals surface area (Å²) >= 11 is 0. The van der Waals surface area contributed by atoms with E-state index < -0.39 is 5.41 Å². The zero-order valence-corrected chi connectivity index (χ0v) is 12.9. The monoisotopic (exact) mass is 261 g/mol. The van der Waals surface area contributed by atoms with Crippen molar-refractivity contribution in [3.05, 3.63) is 24.0 Å². The van der Waals surface area contributed by atoms with Crippen LogP contribution in [0.2, 0.25) is 0 Å². The lowest BCUT2D eigenvalue weighted by atomic mass is 9.72. The Morgan fingerprint density at radius 3 is 2.53 bits per heavy atom. The highest BCUT2D eigenvalue weighted by Gasteiger charge is 2.37. The van der Waals surface area contributed by atoms with E-state index in [0.717, 1.165) is 5.69 Å². The average molecular weight is 261 g/mol. The van der Waals surface area contributed by atoms with Gasteiger partial charge >= 0.3 is 5.97 Å². The van der Waals surface area contributed by atoms with Gasteiger partial charge in [0.25, 0.3) is 0 Å². The molecule has 0 aliphatic rings. The fourth-order valence-electron chi connectivity index (χ4n) is 2.50. The molecule has 19 heavy (non-hydrogen) atoms. The number of carbonyl (C=O) groups is 1. The fraction of sp³-hybridized carbons (Fsp3) is 0.600. The maximum atomic E-state index is 12.0. The topological polar surface area (TPSA) is 39.2 Å². The molecule has 1 heterocycles. The molecule has 0 aliphatic heterocycles. The summed E-state index contributed by atoms with van der Waals surface area (Å²) < 4.78 is 5.15. The highest BCUT2D eigenvalue weighted by atomic mass is 16.5. The van der Waals surface area contributed by atoms with Crippen LogP contribution in [0.15, 0.2) is 18.3 Å². The summed E-state index contributed by atoms with van der Waals surface area (Å²) in [6.45, 7) is 10.4. The quantitative estimate of drug-likeness (QED) is 0.597. The van der Waals surface area contributed by atoms with E-state index in [-0.39, 0.29) is 11.4 Å². The van der Waals surface area contributed by atoms with Crippen molar-refractivity contribution in [1.82, 2.24) is 4.98 Å². The van der Waals surface area contributed by atoms with Gasteiger partial charge in [-0.25, -0.2) is 0 Å². The van der Waals surface area contributed by atoms with E-state index in [1.165, 1.54) is 5.46 Å². The number of hydrogen-bond donors (Lipinski definition) is 0. The second-order valence-electron chi connectivity index (χ2n) is 6.38. The minimum absolute atomic E-state index is 0.143. The maximum Gasteiger partial charge on any atom is 0.311 e. The van der Waals surface area contributed by atoms with Crippen LogP contribution in [-0.4, -0.2) is 25.4 Å². The molecular formula is C15H24BNO2. The van der Waals surface area contributed by atoms with Crippen LogP contribution in [-0.2, 0) is 14.9 Å². The second kappa shape index (κ2) is 5.76.